The summed E-state index contributed by atoms with van der Waals surface area (Å²) >= 11 is 1.76. The van der Waals surface area contributed by atoms with Crippen LogP contribution >= 0.6 is 11.3 Å². The number of hydrogen-bond donors (Lipinski definition) is 2. The van der Waals surface area contributed by atoms with Crippen LogP contribution in [-0.2, 0) is 4.74 Å². The van der Waals surface area contributed by atoms with Crippen LogP contribution in [0, 0.1) is 0 Å². The third kappa shape index (κ3) is 3.92. The summed E-state index contributed by atoms with van der Waals surface area (Å²) in [6, 6.07) is 3.01. The summed E-state index contributed by atoms with van der Waals surface area (Å²) in [4.78, 5) is 6.91. The first-order valence-electron chi connectivity index (χ1n) is 9.13. The fraction of sp³-hybridized carbons (Fsp3) is 0.722. The zero-order chi connectivity index (χ0) is 16.9. The third-order valence-corrected chi connectivity index (χ3v) is 6.00. The van der Waals surface area contributed by atoms with Gasteiger partial charge in [-0.1, -0.05) is 13.8 Å². The molecule has 1 aromatic heterocycles. The molecule has 3 rings (SSSR count). The van der Waals surface area contributed by atoms with Crippen molar-refractivity contribution in [3.05, 3.63) is 22.4 Å². The highest BCUT2D eigenvalue weighted by Crippen LogP contribution is 2.34. The van der Waals surface area contributed by atoms with Crippen LogP contribution in [0.1, 0.15) is 44.7 Å². The first kappa shape index (κ1) is 17.7. The van der Waals surface area contributed by atoms with Crippen LogP contribution in [0.3, 0.4) is 0 Å². The molecule has 6 heteroatoms. The smallest absolute Gasteiger partial charge is 0.191 e. The maximum atomic E-state index is 5.94. The fourth-order valence-electron chi connectivity index (χ4n) is 3.94. The van der Waals surface area contributed by atoms with Gasteiger partial charge in [0, 0.05) is 13.6 Å². The number of likely N-dealkylation sites (N-methyl/N-ethyl adjacent to an activating group) is 1. The van der Waals surface area contributed by atoms with Crippen molar-refractivity contribution in [1.82, 2.24) is 15.5 Å². The number of nitrogens with zero attached hydrogens (tertiary/aromatic N) is 2. The highest BCUT2D eigenvalue weighted by Gasteiger charge is 2.41. The number of hydrogen-bond acceptors (Lipinski definition) is 4. The molecule has 4 unspecified atom stereocenters. The van der Waals surface area contributed by atoms with Crippen LogP contribution in [-0.4, -0.2) is 55.8 Å². The van der Waals surface area contributed by atoms with Gasteiger partial charge in [0.2, 0.25) is 0 Å². The van der Waals surface area contributed by atoms with E-state index in [2.05, 4.69) is 51.2 Å². The van der Waals surface area contributed by atoms with Crippen LogP contribution < -0.4 is 10.6 Å². The number of rotatable bonds is 7. The second-order valence-electron chi connectivity index (χ2n) is 6.61. The molecular weight excluding hydrogens is 320 g/mol. The molecule has 0 spiro atoms. The molecule has 0 amide bonds. The predicted octanol–water partition coefficient (Wildman–Crippen LogP) is 2.62. The van der Waals surface area contributed by atoms with Gasteiger partial charge in [0.1, 0.15) is 0 Å². The standard InChI is InChI=1S/C18H30N4OS/c1-4-22(5-2)16(13-8-9-24-12-13)11-20-18(19-3)21-15-10-14-6-7-17(15)23-14/h8-9,12,14-17H,4-7,10-11H2,1-3H3,(H2,19,20,21). The van der Waals surface area contributed by atoms with Gasteiger partial charge in [0.25, 0.3) is 0 Å². The van der Waals surface area contributed by atoms with E-state index in [0.717, 1.165) is 32.0 Å². The summed E-state index contributed by atoms with van der Waals surface area (Å²) in [5.74, 6) is 0.892. The molecule has 0 aromatic carbocycles. The van der Waals surface area contributed by atoms with E-state index >= 15 is 0 Å². The zero-order valence-electron chi connectivity index (χ0n) is 15.0. The second-order valence-corrected chi connectivity index (χ2v) is 7.39. The average Bonchev–Trinajstić information content (AvgIpc) is 3.35. The summed E-state index contributed by atoms with van der Waals surface area (Å²) in [7, 11) is 1.85. The van der Waals surface area contributed by atoms with Gasteiger partial charge in [-0.3, -0.25) is 9.89 Å². The summed E-state index contributed by atoms with van der Waals surface area (Å²) in [5.41, 5.74) is 1.38. The minimum absolute atomic E-state index is 0.365. The van der Waals surface area contributed by atoms with Crippen molar-refractivity contribution in [2.45, 2.75) is 57.4 Å². The second kappa shape index (κ2) is 8.32. The van der Waals surface area contributed by atoms with Crippen LogP contribution in [0.15, 0.2) is 21.8 Å². The Hall–Kier alpha value is -1.11. The Kier molecular flexibility index (Phi) is 6.14. The highest BCUT2D eigenvalue weighted by molar-refractivity contribution is 7.07. The summed E-state index contributed by atoms with van der Waals surface area (Å²) in [5, 5.41) is 11.5. The zero-order valence-corrected chi connectivity index (χ0v) is 15.8. The molecule has 134 valence electrons. The number of aliphatic imine (C=N–C) groups is 1. The molecule has 2 bridgehead atoms. The maximum absolute atomic E-state index is 5.94. The van der Waals surface area contributed by atoms with Gasteiger partial charge in [0.05, 0.1) is 24.3 Å². The highest BCUT2D eigenvalue weighted by atomic mass is 32.1. The SMILES string of the molecule is CCN(CC)C(CNC(=NC)NC1CC2CCC1O2)c1ccsc1. The first-order valence-corrected chi connectivity index (χ1v) is 10.1. The van der Waals surface area contributed by atoms with Crippen molar-refractivity contribution in [2.24, 2.45) is 4.99 Å². The molecule has 5 nitrogen and oxygen atoms in total. The lowest BCUT2D eigenvalue weighted by Gasteiger charge is -2.30. The Morgan fingerprint density at radius 2 is 2.25 bits per heavy atom. The lowest BCUT2D eigenvalue weighted by atomic mass is 9.96. The maximum Gasteiger partial charge on any atom is 0.191 e. The van der Waals surface area contributed by atoms with Crippen LogP contribution in [0.5, 0.6) is 0 Å². The summed E-state index contributed by atoms with van der Waals surface area (Å²) in [6.45, 7) is 7.40. The van der Waals surface area contributed by atoms with Crippen LogP contribution in [0.25, 0.3) is 0 Å². The lowest BCUT2D eigenvalue weighted by molar-refractivity contribution is 0.0992. The molecule has 2 saturated heterocycles. The van der Waals surface area contributed by atoms with Crippen molar-refractivity contribution in [2.75, 3.05) is 26.7 Å². The van der Waals surface area contributed by atoms with Gasteiger partial charge in [-0.05, 0) is 54.7 Å². The molecule has 2 aliphatic rings. The minimum Gasteiger partial charge on any atom is -0.373 e. The molecule has 0 aliphatic carbocycles. The molecular formula is C18H30N4OS. The van der Waals surface area contributed by atoms with Crippen molar-refractivity contribution in [3.8, 4) is 0 Å². The Labute approximate surface area is 149 Å². The number of nitrogens with one attached hydrogen (secondary N) is 2. The molecule has 4 atom stereocenters. The van der Waals surface area contributed by atoms with Gasteiger partial charge >= 0.3 is 0 Å². The van der Waals surface area contributed by atoms with Gasteiger partial charge < -0.3 is 15.4 Å². The normalized spacial score (nSPS) is 27.7. The van der Waals surface area contributed by atoms with E-state index in [-0.39, 0.29) is 0 Å². The fourth-order valence-corrected chi connectivity index (χ4v) is 4.65. The van der Waals surface area contributed by atoms with E-state index in [1.165, 1.54) is 18.4 Å². The van der Waals surface area contributed by atoms with Crippen molar-refractivity contribution >= 4 is 17.3 Å². The van der Waals surface area contributed by atoms with Gasteiger partial charge in [-0.15, -0.1) is 0 Å². The largest absolute Gasteiger partial charge is 0.373 e. The Bertz CT molecular complexity index is 529. The Morgan fingerprint density at radius 3 is 2.79 bits per heavy atom. The van der Waals surface area contributed by atoms with E-state index in [9.17, 15) is 0 Å². The van der Waals surface area contributed by atoms with Crippen molar-refractivity contribution < 1.29 is 4.74 Å². The monoisotopic (exact) mass is 350 g/mol. The first-order chi connectivity index (χ1) is 11.7. The van der Waals surface area contributed by atoms with Crippen LogP contribution in [0.2, 0.25) is 0 Å². The molecule has 2 N–H and O–H groups in total. The quantitative estimate of drug-likeness (QED) is 0.586. The molecule has 1 aromatic rings. The Balaban J connectivity index is 1.58. The number of guanidine groups is 1. The van der Waals surface area contributed by atoms with Crippen LogP contribution in [0.4, 0.5) is 0 Å². The predicted molar refractivity (Wildman–Crippen MR) is 101 cm³/mol. The molecule has 0 radical (unpaired) electrons. The number of fused-ring (bicyclic) bond motifs is 2. The van der Waals surface area contributed by atoms with Gasteiger partial charge in [-0.2, -0.15) is 11.3 Å². The van der Waals surface area contributed by atoms with Crippen molar-refractivity contribution in [1.29, 1.82) is 0 Å². The van der Waals surface area contributed by atoms with E-state index < -0.39 is 0 Å². The van der Waals surface area contributed by atoms with E-state index in [1.54, 1.807) is 11.3 Å². The van der Waals surface area contributed by atoms with Gasteiger partial charge in [0.15, 0.2) is 5.96 Å². The van der Waals surface area contributed by atoms with Crippen molar-refractivity contribution in [3.63, 3.8) is 0 Å². The third-order valence-electron chi connectivity index (χ3n) is 5.30. The van der Waals surface area contributed by atoms with E-state index in [4.69, 9.17) is 4.74 Å². The number of thiophene rings is 1. The topological polar surface area (TPSA) is 48.9 Å². The molecule has 3 heterocycles. The van der Waals surface area contributed by atoms with E-state index in [0.29, 0.717) is 24.3 Å². The molecule has 2 aliphatic heterocycles. The van der Waals surface area contributed by atoms with E-state index in [1.807, 2.05) is 7.05 Å². The average molecular weight is 351 g/mol. The Morgan fingerprint density at radius 1 is 1.42 bits per heavy atom. The molecule has 0 saturated carbocycles. The summed E-state index contributed by atoms with van der Waals surface area (Å²) in [6.07, 6.45) is 4.33. The molecule has 24 heavy (non-hydrogen) atoms. The molecule has 2 fully saturated rings. The minimum atomic E-state index is 0.365. The summed E-state index contributed by atoms with van der Waals surface area (Å²) < 4.78 is 5.94. The van der Waals surface area contributed by atoms with Gasteiger partial charge in [-0.25, -0.2) is 0 Å². The lowest BCUT2D eigenvalue weighted by Crippen LogP contribution is -2.49. The number of ether oxygens (including phenoxy) is 1.